The zero-order chi connectivity index (χ0) is 35.2. The number of nitrogens with zero attached hydrogens (tertiary/aromatic N) is 2. The molecule has 2 heterocycles. The third-order valence-corrected chi connectivity index (χ3v) is 9.36. The molecule has 0 aliphatic carbocycles. The van der Waals surface area contributed by atoms with Gasteiger partial charge in [-0.15, -0.1) is 0 Å². The number of halogens is 3. The first-order valence-corrected chi connectivity index (χ1v) is 17.4. The molecule has 0 spiro atoms. The number of carbonyl (C=O) groups is 2. The Labute approximate surface area is 304 Å². The van der Waals surface area contributed by atoms with E-state index in [0.29, 0.717) is 50.0 Å². The summed E-state index contributed by atoms with van der Waals surface area (Å²) in [5.41, 5.74) is 2.25. The molecule has 0 amide bonds. The second kappa shape index (κ2) is 16.1. The molecule has 0 unspecified atom stereocenters. The fraction of sp³-hybridized carbons (Fsp3) is 0.257. The van der Waals surface area contributed by atoms with Crippen LogP contribution in [-0.2, 0) is 25.7 Å². The molecule has 5 rings (SSSR count). The van der Waals surface area contributed by atoms with Crippen molar-refractivity contribution < 1.29 is 33.3 Å². The third kappa shape index (κ3) is 8.21. The van der Waals surface area contributed by atoms with Gasteiger partial charge in [-0.25, -0.2) is 14.6 Å². The van der Waals surface area contributed by atoms with E-state index in [1.54, 1.807) is 57.2 Å². The van der Waals surface area contributed by atoms with Crippen LogP contribution in [0.25, 0.3) is 6.08 Å². The quantitative estimate of drug-likeness (QED) is 0.152. The van der Waals surface area contributed by atoms with Crippen LogP contribution in [0.4, 0.5) is 0 Å². The third-order valence-electron chi connectivity index (χ3n) is 7.29. The van der Waals surface area contributed by atoms with Crippen LogP contribution < -0.4 is 29.1 Å². The first-order valence-electron chi connectivity index (χ1n) is 15.1. The van der Waals surface area contributed by atoms with Gasteiger partial charge in [-0.1, -0.05) is 68.7 Å². The molecule has 1 aliphatic rings. The van der Waals surface area contributed by atoms with E-state index in [0.717, 1.165) is 21.4 Å². The van der Waals surface area contributed by atoms with Gasteiger partial charge in [-0.3, -0.25) is 9.36 Å². The summed E-state index contributed by atoms with van der Waals surface area (Å²) in [5.74, 6) is -0.240. The number of fused-ring (bicyclic) bond motifs is 1. The maximum atomic E-state index is 14.1. The number of aromatic nitrogens is 1. The van der Waals surface area contributed by atoms with Crippen LogP contribution in [0.5, 0.6) is 17.2 Å². The van der Waals surface area contributed by atoms with E-state index in [9.17, 15) is 14.4 Å². The molecule has 0 radical (unpaired) electrons. The molecule has 0 bridgehead atoms. The van der Waals surface area contributed by atoms with E-state index in [2.05, 4.69) is 25.7 Å². The SMILES string of the molecule is CCOC(=O)C1=C(C)N=c2s/c(=C\c3cc(Cl)c(OCc4ccc(Br)cc4)c(Cl)c3)c(=O)n2[C@@H]1c1ccc(OCC(=O)OC)c(OCC)c1. The van der Waals surface area contributed by atoms with E-state index in [1.165, 1.54) is 11.7 Å². The first kappa shape index (κ1) is 36.2. The van der Waals surface area contributed by atoms with E-state index in [1.807, 2.05) is 24.3 Å². The molecule has 4 aromatic rings. The van der Waals surface area contributed by atoms with Crippen LogP contribution in [-0.4, -0.2) is 43.4 Å². The lowest BCUT2D eigenvalue weighted by molar-refractivity contribution is -0.143. The second-order valence-corrected chi connectivity index (χ2v) is 13.3. The van der Waals surface area contributed by atoms with Gasteiger partial charge in [0.25, 0.3) is 5.56 Å². The lowest BCUT2D eigenvalue weighted by Gasteiger charge is -2.25. The Hall–Kier alpha value is -4.10. The van der Waals surface area contributed by atoms with Crippen molar-refractivity contribution in [2.75, 3.05) is 26.9 Å². The molecule has 0 N–H and O–H groups in total. The van der Waals surface area contributed by atoms with E-state index < -0.39 is 23.5 Å². The molecule has 0 saturated heterocycles. The van der Waals surface area contributed by atoms with Crippen molar-refractivity contribution >= 4 is 68.5 Å². The van der Waals surface area contributed by atoms with Gasteiger partial charge < -0.3 is 23.7 Å². The molecule has 1 aliphatic heterocycles. The highest BCUT2D eigenvalue weighted by Gasteiger charge is 2.34. The molecule has 0 fully saturated rings. The maximum Gasteiger partial charge on any atom is 0.343 e. The Bertz CT molecular complexity index is 2090. The standard InChI is InChI=1S/C35H31BrCl2N2O8S/c1-5-45-27-16-22(9-12-26(27)47-18-29(41)44-4)31-30(34(43)46-6-2)19(3)39-35-40(31)33(42)28(49-35)15-21-13-24(37)32(25(38)14-21)48-17-20-7-10-23(36)11-8-20/h7-16,31H,5-6,17-18H2,1-4H3/b28-15-/t31-/m1/s1. The van der Waals surface area contributed by atoms with Crippen LogP contribution in [0.3, 0.4) is 0 Å². The van der Waals surface area contributed by atoms with Crippen molar-refractivity contribution in [3.8, 4) is 17.2 Å². The van der Waals surface area contributed by atoms with Crippen LogP contribution in [0.2, 0.25) is 10.0 Å². The van der Waals surface area contributed by atoms with Gasteiger partial charge in [0.15, 0.2) is 28.7 Å². The van der Waals surface area contributed by atoms with Crippen molar-refractivity contribution in [3.05, 3.63) is 117 Å². The summed E-state index contributed by atoms with van der Waals surface area (Å²) in [6.45, 7) is 5.54. The summed E-state index contributed by atoms with van der Waals surface area (Å²) in [4.78, 5) is 44.2. The van der Waals surface area contributed by atoms with Crippen LogP contribution in [0, 0.1) is 0 Å². The molecule has 1 aromatic heterocycles. The largest absolute Gasteiger partial charge is 0.490 e. The molecule has 0 saturated carbocycles. The lowest BCUT2D eigenvalue weighted by Crippen LogP contribution is -2.40. The number of carbonyl (C=O) groups excluding carboxylic acids is 2. The average Bonchev–Trinajstić information content (AvgIpc) is 3.37. The van der Waals surface area contributed by atoms with Crippen molar-refractivity contribution in [2.45, 2.75) is 33.4 Å². The highest BCUT2D eigenvalue weighted by molar-refractivity contribution is 9.10. The van der Waals surface area contributed by atoms with E-state index >= 15 is 0 Å². The fourth-order valence-electron chi connectivity index (χ4n) is 5.07. The molecule has 1 atom stereocenters. The monoisotopic (exact) mass is 788 g/mol. The number of hydrogen-bond acceptors (Lipinski definition) is 10. The Balaban J connectivity index is 1.56. The zero-order valence-corrected chi connectivity index (χ0v) is 30.8. The molecular formula is C35H31BrCl2N2O8S. The van der Waals surface area contributed by atoms with Crippen LogP contribution >= 0.6 is 50.5 Å². The highest BCUT2D eigenvalue weighted by atomic mass is 79.9. The average molecular weight is 791 g/mol. The Kier molecular flexibility index (Phi) is 11.9. The number of methoxy groups -OCH3 is 1. The summed E-state index contributed by atoms with van der Waals surface area (Å²) < 4.78 is 30.2. The Morgan fingerprint density at radius 1 is 0.980 bits per heavy atom. The predicted octanol–water partition coefficient (Wildman–Crippen LogP) is 6.40. The van der Waals surface area contributed by atoms with Crippen molar-refractivity contribution in [3.63, 3.8) is 0 Å². The van der Waals surface area contributed by atoms with Gasteiger partial charge in [-0.2, -0.15) is 0 Å². The summed E-state index contributed by atoms with van der Waals surface area (Å²) >= 11 is 17.8. The smallest absolute Gasteiger partial charge is 0.343 e. The fourth-order valence-corrected chi connectivity index (χ4v) is 7.00. The molecule has 256 valence electrons. The topological polar surface area (TPSA) is 115 Å². The van der Waals surface area contributed by atoms with Gasteiger partial charge in [0.05, 0.1) is 52.2 Å². The maximum absolute atomic E-state index is 14.1. The van der Waals surface area contributed by atoms with Crippen LogP contribution in [0.1, 0.15) is 43.5 Å². The highest BCUT2D eigenvalue weighted by Crippen LogP contribution is 2.37. The first-order chi connectivity index (χ1) is 23.5. The zero-order valence-electron chi connectivity index (χ0n) is 26.9. The van der Waals surface area contributed by atoms with Gasteiger partial charge >= 0.3 is 11.9 Å². The number of benzene rings is 3. The minimum absolute atomic E-state index is 0.127. The van der Waals surface area contributed by atoms with Crippen molar-refractivity contribution in [1.82, 2.24) is 4.57 Å². The van der Waals surface area contributed by atoms with Crippen LogP contribution in [0.15, 0.2) is 80.1 Å². The second-order valence-electron chi connectivity index (χ2n) is 10.5. The lowest BCUT2D eigenvalue weighted by atomic mass is 9.95. The molecule has 10 nitrogen and oxygen atoms in total. The minimum Gasteiger partial charge on any atom is -0.490 e. The number of thiazole rings is 1. The number of rotatable bonds is 12. The summed E-state index contributed by atoms with van der Waals surface area (Å²) in [7, 11) is 1.26. The van der Waals surface area contributed by atoms with Gasteiger partial charge in [0, 0.05) is 4.47 Å². The molecule has 3 aromatic carbocycles. The number of ether oxygens (including phenoxy) is 5. The van der Waals surface area contributed by atoms with Gasteiger partial charge in [0.2, 0.25) is 0 Å². The molecular weight excluding hydrogens is 759 g/mol. The number of hydrogen-bond donors (Lipinski definition) is 0. The summed E-state index contributed by atoms with van der Waals surface area (Å²) in [5, 5.41) is 0.555. The van der Waals surface area contributed by atoms with Gasteiger partial charge in [-0.05, 0) is 79.9 Å². The normalized spacial score (nSPS) is 14.2. The Morgan fingerprint density at radius 3 is 2.35 bits per heavy atom. The van der Waals surface area contributed by atoms with Gasteiger partial charge in [0.1, 0.15) is 6.61 Å². The summed E-state index contributed by atoms with van der Waals surface area (Å²) in [6.07, 6.45) is 1.66. The molecule has 49 heavy (non-hydrogen) atoms. The van der Waals surface area contributed by atoms with E-state index in [4.69, 9.17) is 42.1 Å². The minimum atomic E-state index is -0.909. The number of esters is 2. The Morgan fingerprint density at radius 2 is 1.69 bits per heavy atom. The van der Waals surface area contributed by atoms with E-state index in [-0.39, 0.29) is 35.4 Å². The molecule has 14 heteroatoms. The predicted molar refractivity (Wildman–Crippen MR) is 190 cm³/mol. The van der Waals surface area contributed by atoms with Crippen molar-refractivity contribution in [1.29, 1.82) is 0 Å². The van der Waals surface area contributed by atoms with Crippen molar-refractivity contribution in [2.24, 2.45) is 4.99 Å². The number of allylic oxidation sites excluding steroid dienone is 1. The summed E-state index contributed by atoms with van der Waals surface area (Å²) in [6, 6.07) is 15.1.